The monoisotopic (exact) mass is 347 g/mol. The van der Waals surface area contributed by atoms with E-state index in [0.717, 1.165) is 24.2 Å². The van der Waals surface area contributed by atoms with Gasteiger partial charge in [-0.3, -0.25) is 4.90 Å². The molecule has 136 valence electrons. The number of aromatic nitrogens is 2. The van der Waals surface area contributed by atoms with E-state index in [9.17, 15) is 5.11 Å². The molecule has 1 aliphatic heterocycles. The Balaban J connectivity index is 1.68. The van der Waals surface area contributed by atoms with E-state index in [1.807, 2.05) is 38.2 Å². The molecule has 3 rings (SSSR count). The average Bonchev–Trinajstić information content (AvgIpc) is 3.11. The van der Waals surface area contributed by atoms with Gasteiger partial charge in [-0.15, -0.1) is 0 Å². The molecular formula is C18H25N3O4. The molecule has 0 saturated carbocycles. The Morgan fingerprint density at radius 2 is 1.96 bits per heavy atom. The summed E-state index contributed by atoms with van der Waals surface area (Å²) in [4.78, 5) is 6.57. The van der Waals surface area contributed by atoms with Gasteiger partial charge in [0.1, 0.15) is 5.75 Å². The predicted molar refractivity (Wildman–Crippen MR) is 92.2 cm³/mol. The van der Waals surface area contributed by atoms with Gasteiger partial charge in [0.15, 0.2) is 0 Å². The Hall–Kier alpha value is -1.96. The number of benzene rings is 1. The minimum atomic E-state index is -0.286. The van der Waals surface area contributed by atoms with Crippen LogP contribution < -0.4 is 4.74 Å². The molecule has 1 N–H and O–H groups in total. The summed E-state index contributed by atoms with van der Waals surface area (Å²) in [5.74, 6) is 1.90. The zero-order chi connectivity index (χ0) is 17.7. The Morgan fingerprint density at radius 1 is 1.24 bits per heavy atom. The molecule has 25 heavy (non-hydrogen) atoms. The largest absolute Gasteiger partial charge is 0.494 e. The van der Waals surface area contributed by atoms with Crippen molar-refractivity contribution in [3.63, 3.8) is 0 Å². The molecule has 2 heterocycles. The van der Waals surface area contributed by atoms with Gasteiger partial charge >= 0.3 is 0 Å². The number of rotatable bonds is 7. The lowest BCUT2D eigenvalue weighted by atomic mass is 9.89. The van der Waals surface area contributed by atoms with Gasteiger partial charge in [0.05, 0.1) is 19.8 Å². The lowest BCUT2D eigenvalue weighted by molar-refractivity contribution is -0.0521. The molecule has 0 spiro atoms. The second-order valence-electron chi connectivity index (χ2n) is 6.32. The van der Waals surface area contributed by atoms with Crippen LogP contribution in [0.3, 0.4) is 0 Å². The number of nitrogens with zero attached hydrogens (tertiary/aromatic N) is 3. The summed E-state index contributed by atoms with van der Waals surface area (Å²) in [6, 6.07) is 7.61. The lowest BCUT2D eigenvalue weighted by Gasteiger charge is -2.42. The van der Waals surface area contributed by atoms with Crippen molar-refractivity contribution in [3.05, 3.63) is 30.2 Å². The Kier molecular flexibility index (Phi) is 5.67. The summed E-state index contributed by atoms with van der Waals surface area (Å²) >= 11 is 0. The number of ether oxygens (including phenoxy) is 2. The predicted octanol–water partition coefficient (Wildman–Crippen LogP) is 2.11. The van der Waals surface area contributed by atoms with Crippen LogP contribution in [0, 0.1) is 0 Å². The molecule has 1 aliphatic rings. The van der Waals surface area contributed by atoms with Gasteiger partial charge in [-0.1, -0.05) is 5.16 Å². The second-order valence-corrected chi connectivity index (χ2v) is 6.32. The molecule has 0 radical (unpaired) electrons. The highest BCUT2D eigenvalue weighted by atomic mass is 16.5. The third-order valence-electron chi connectivity index (χ3n) is 4.79. The average molecular weight is 347 g/mol. The van der Waals surface area contributed by atoms with Crippen molar-refractivity contribution >= 4 is 0 Å². The van der Waals surface area contributed by atoms with Crippen molar-refractivity contribution in [2.75, 3.05) is 33.5 Å². The van der Waals surface area contributed by atoms with Gasteiger partial charge in [-0.25, -0.2) is 0 Å². The maximum Gasteiger partial charge on any atom is 0.241 e. The molecule has 0 aliphatic carbocycles. The summed E-state index contributed by atoms with van der Waals surface area (Å²) in [7, 11) is 1.97. The van der Waals surface area contributed by atoms with Crippen molar-refractivity contribution < 1.29 is 19.1 Å². The summed E-state index contributed by atoms with van der Waals surface area (Å²) in [5.41, 5.74) is 0.593. The zero-order valence-electron chi connectivity index (χ0n) is 14.8. The normalized spacial score (nSPS) is 17.0. The minimum Gasteiger partial charge on any atom is -0.494 e. The number of hydrogen-bond donors (Lipinski definition) is 1. The number of hydrogen-bond acceptors (Lipinski definition) is 7. The van der Waals surface area contributed by atoms with E-state index in [1.165, 1.54) is 0 Å². The van der Waals surface area contributed by atoms with E-state index in [-0.39, 0.29) is 12.1 Å². The number of aliphatic hydroxyl groups excluding tert-OH is 1. The maximum atomic E-state index is 9.87. The number of aliphatic hydroxyl groups is 1. The maximum absolute atomic E-state index is 9.87. The van der Waals surface area contributed by atoms with E-state index in [4.69, 9.17) is 14.0 Å². The topological polar surface area (TPSA) is 80.9 Å². The van der Waals surface area contributed by atoms with Crippen LogP contribution in [0.1, 0.15) is 25.7 Å². The van der Waals surface area contributed by atoms with E-state index < -0.39 is 0 Å². The van der Waals surface area contributed by atoms with E-state index in [2.05, 4.69) is 15.0 Å². The highest BCUT2D eigenvalue weighted by Gasteiger charge is 2.36. The molecule has 0 unspecified atom stereocenters. The molecule has 0 bridgehead atoms. The minimum absolute atomic E-state index is 0.0900. The molecule has 1 aromatic heterocycles. The van der Waals surface area contributed by atoms with Crippen LogP contribution in [0.4, 0.5) is 0 Å². The molecule has 1 saturated heterocycles. The van der Waals surface area contributed by atoms with Gasteiger partial charge in [0.2, 0.25) is 11.7 Å². The zero-order valence-corrected chi connectivity index (χ0v) is 14.8. The van der Waals surface area contributed by atoms with Crippen molar-refractivity contribution in [3.8, 4) is 17.1 Å². The fourth-order valence-corrected chi connectivity index (χ4v) is 3.09. The fraction of sp³-hybridized carbons (Fsp3) is 0.556. The van der Waals surface area contributed by atoms with Gasteiger partial charge in [0, 0.05) is 24.3 Å². The summed E-state index contributed by atoms with van der Waals surface area (Å²) in [6.07, 6.45) is 1.58. The molecular weight excluding hydrogens is 322 g/mol. The Labute approximate surface area is 147 Å². The first-order valence-electron chi connectivity index (χ1n) is 8.62. The molecule has 0 amide bonds. The van der Waals surface area contributed by atoms with Crippen LogP contribution in [0.5, 0.6) is 5.75 Å². The quantitative estimate of drug-likeness (QED) is 0.821. The van der Waals surface area contributed by atoms with Crippen molar-refractivity contribution in [1.82, 2.24) is 15.0 Å². The molecule has 7 nitrogen and oxygen atoms in total. The first-order chi connectivity index (χ1) is 12.2. The molecule has 1 fully saturated rings. The Morgan fingerprint density at radius 3 is 2.60 bits per heavy atom. The van der Waals surface area contributed by atoms with Crippen molar-refractivity contribution in [1.29, 1.82) is 0 Å². The van der Waals surface area contributed by atoms with Crippen molar-refractivity contribution in [2.45, 2.75) is 31.8 Å². The van der Waals surface area contributed by atoms with Gasteiger partial charge in [-0.2, -0.15) is 4.98 Å². The second kappa shape index (κ2) is 7.95. The van der Waals surface area contributed by atoms with Crippen LogP contribution in [0.2, 0.25) is 0 Å². The standard InChI is InChI=1S/C18H25N3O4/c1-3-24-15-6-4-14(5-7-15)17-19-16(25-20-17)12-21(2)18(13-22)8-10-23-11-9-18/h4-7,22H,3,8-13H2,1-2H3. The highest BCUT2D eigenvalue weighted by molar-refractivity contribution is 5.55. The van der Waals surface area contributed by atoms with E-state index >= 15 is 0 Å². The Bertz CT molecular complexity index is 665. The van der Waals surface area contributed by atoms with E-state index in [0.29, 0.717) is 38.1 Å². The van der Waals surface area contributed by atoms with Gasteiger partial charge < -0.3 is 19.1 Å². The molecule has 7 heteroatoms. The van der Waals surface area contributed by atoms with Crippen LogP contribution in [0.25, 0.3) is 11.4 Å². The first-order valence-corrected chi connectivity index (χ1v) is 8.62. The highest BCUT2D eigenvalue weighted by Crippen LogP contribution is 2.28. The summed E-state index contributed by atoms with van der Waals surface area (Å²) < 4.78 is 16.3. The van der Waals surface area contributed by atoms with Crippen molar-refractivity contribution in [2.24, 2.45) is 0 Å². The van der Waals surface area contributed by atoms with Gasteiger partial charge in [-0.05, 0) is 51.1 Å². The van der Waals surface area contributed by atoms with Crippen LogP contribution in [0.15, 0.2) is 28.8 Å². The smallest absolute Gasteiger partial charge is 0.241 e. The first kappa shape index (κ1) is 17.8. The van der Waals surface area contributed by atoms with E-state index in [1.54, 1.807) is 0 Å². The molecule has 0 atom stereocenters. The van der Waals surface area contributed by atoms with Crippen LogP contribution in [-0.4, -0.2) is 59.2 Å². The summed E-state index contributed by atoms with van der Waals surface area (Å²) in [5, 5.41) is 13.9. The molecule has 1 aromatic carbocycles. The fourth-order valence-electron chi connectivity index (χ4n) is 3.09. The third kappa shape index (κ3) is 4.00. The van der Waals surface area contributed by atoms with Gasteiger partial charge in [0.25, 0.3) is 0 Å². The number of likely N-dealkylation sites (N-methyl/N-ethyl adjacent to an activating group) is 1. The molecule has 2 aromatic rings. The van der Waals surface area contributed by atoms with Crippen LogP contribution >= 0.6 is 0 Å². The SMILES string of the molecule is CCOc1ccc(-c2noc(CN(C)C3(CO)CCOCC3)n2)cc1. The summed E-state index contributed by atoms with van der Waals surface area (Å²) in [6.45, 7) is 4.48. The van der Waals surface area contributed by atoms with Crippen LogP contribution in [-0.2, 0) is 11.3 Å². The third-order valence-corrected chi connectivity index (χ3v) is 4.79. The lowest BCUT2D eigenvalue weighted by Crippen LogP contribution is -2.52.